The average molecular weight is 290 g/mol. The van der Waals surface area contributed by atoms with Crippen LogP contribution in [0.1, 0.15) is 6.92 Å². The molecule has 7 nitrogen and oxygen atoms in total. The molecular formula is C11H19N2O5P. The zero-order valence-electron chi connectivity index (χ0n) is 11.7. The smallest absolute Gasteiger partial charge is 0.346 e. The third-order valence-electron chi connectivity index (χ3n) is 2.62. The first-order valence-corrected chi connectivity index (χ1v) is 7.19. The molecule has 1 fully saturated rings. The molecule has 2 atom stereocenters. The van der Waals surface area contributed by atoms with Crippen molar-refractivity contribution in [2.45, 2.75) is 19.1 Å². The lowest BCUT2D eigenvalue weighted by Gasteiger charge is -2.20. The van der Waals surface area contributed by atoms with Gasteiger partial charge in [-0.05, 0) is 6.92 Å². The van der Waals surface area contributed by atoms with E-state index in [4.69, 9.17) is 9.05 Å². The summed E-state index contributed by atoms with van der Waals surface area (Å²) in [5.74, 6) is -0.946. The second kappa shape index (κ2) is 5.45. The van der Waals surface area contributed by atoms with E-state index in [1.165, 1.54) is 44.9 Å². The topological polar surface area (TPSA) is 76.2 Å². The van der Waals surface area contributed by atoms with Crippen molar-refractivity contribution in [2.24, 2.45) is 0 Å². The summed E-state index contributed by atoms with van der Waals surface area (Å²) in [4.78, 5) is 26.5. The van der Waals surface area contributed by atoms with Gasteiger partial charge in [-0.3, -0.25) is 23.2 Å². The van der Waals surface area contributed by atoms with Crippen LogP contribution in [0.4, 0.5) is 0 Å². The summed E-state index contributed by atoms with van der Waals surface area (Å²) in [5, 5.41) is 0.165. The van der Waals surface area contributed by atoms with Crippen LogP contribution in [0.2, 0.25) is 0 Å². The van der Waals surface area contributed by atoms with E-state index in [1.807, 2.05) is 0 Å². The first-order chi connectivity index (χ1) is 8.60. The average Bonchev–Trinajstić information content (AvgIpc) is 2.66. The zero-order valence-corrected chi connectivity index (χ0v) is 12.6. The lowest BCUT2D eigenvalue weighted by atomic mass is 10.1. The van der Waals surface area contributed by atoms with Crippen molar-refractivity contribution in [3.63, 3.8) is 0 Å². The van der Waals surface area contributed by atoms with Crippen LogP contribution in [0, 0.1) is 0 Å². The fourth-order valence-electron chi connectivity index (χ4n) is 1.47. The quantitative estimate of drug-likeness (QED) is 0.714. The maximum atomic E-state index is 12.3. The van der Waals surface area contributed by atoms with Crippen LogP contribution in [0.5, 0.6) is 0 Å². The van der Waals surface area contributed by atoms with Gasteiger partial charge < -0.3 is 9.80 Å². The van der Waals surface area contributed by atoms with E-state index in [-0.39, 0.29) is 5.31 Å². The van der Waals surface area contributed by atoms with Gasteiger partial charge >= 0.3 is 7.60 Å². The van der Waals surface area contributed by atoms with Gasteiger partial charge in [-0.2, -0.15) is 0 Å². The van der Waals surface area contributed by atoms with E-state index in [0.29, 0.717) is 0 Å². The summed E-state index contributed by atoms with van der Waals surface area (Å²) in [6.07, 6.45) is -2.43. The Hall–Kier alpha value is -1.17. The molecule has 1 aliphatic heterocycles. The van der Waals surface area contributed by atoms with Crippen molar-refractivity contribution >= 4 is 19.4 Å². The molecule has 108 valence electrons. The number of carbonyl (C=O) groups excluding carboxylic acids is 2. The largest absolute Gasteiger partial charge is 0.358 e. The minimum atomic E-state index is -3.63. The molecule has 0 aromatic carbocycles. The number of hydrogen-bond acceptors (Lipinski definition) is 5. The van der Waals surface area contributed by atoms with E-state index >= 15 is 0 Å². The van der Waals surface area contributed by atoms with Gasteiger partial charge in [0.25, 0.3) is 11.8 Å². The number of rotatable bonds is 3. The standard InChI is InChI=1S/C11H19N2O5P/c1-7(2)19(16)17-8(10(14)12(3)4)9(18-19)11(15)13(5)6/h8-9H,1H2,2-6H3/t8-,9-/m1/s1. The first-order valence-electron chi connectivity index (χ1n) is 5.65. The van der Waals surface area contributed by atoms with Crippen LogP contribution >= 0.6 is 7.60 Å². The predicted octanol–water partition coefficient (Wildman–Crippen LogP) is 0.673. The van der Waals surface area contributed by atoms with E-state index < -0.39 is 31.6 Å². The highest BCUT2D eigenvalue weighted by molar-refractivity contribution is 7.58. The molecule has 0 aromatic rings. The summed E-state index contributed by atoms with van der Waals surface area (Å²) in [6.45, 7) is 5.00. The molecule has 0 aromatic heterocycles. The summed E-state index contributed by atoms with van der Waals surface area (Å²) >= 11 is 0. The van der Waals surface area contributed by atoms with Gasteiger partial charge in [0.1, 0.15) is 0 Å². The summed E-state index contributed by atoms with van der Waals surface area (Å²) in [6, 6.07) is 0. The van der Waals surface area contributed by atoms with Crippen molar-refractivity contribution in [1.82, 2.24) is 9.80 Å². The molecule has 0 unspecified atom stereocenters. The van der Waals surface area contributed by atoms with Gasteiger partial charge in [-0.25, -0.2) is 0 Å². The van der Waals surface area contributed by atoms with Crippen LogP contribution in [-0.4, -0.2) is 62.0 Å². The number of carbonyl (C=O) groups is 2. The molecule has 2 amide bonds. The highest BCUT2D eigenvalue weighted by Crippen LogP contribution is 2.62. The Labute approximate surface area is 112 Å². The van der Waals surface area contributed by atoms with Crippen LogP contribution in [0.25, 0.3) is 0 Å². The molecule has 0 saturated carbocycles. The number of amides is 2. The summed E-state index contributed by atoms with van der Waals surface area (Å²) in [5.41, 5.74) is 0. The van der Waals surface area contributed by atoms with Gasteiger partial charge in [0.15, 0.2) is 12.2 Å². The Balaban J connectivity index is 3.11. The normalized spacial score (nSPS) is 24.9. The lowest BCUT2D eigenvalue weighted by Crippen LogP contribution is -2.47. The van der Waals surface area contributed by atoms with Gasteiger partial charge in [0.05, 0.1) is 0 Å². The summed E-state index contributed by atoms with van der Waals surface area (Å²) in [7, 11) is 2.45. The maximum absolute atomic E-state index is 12.3. The predicted molar refractivity (Wildman–Crippen MR) is 69.6 cm³/mol. The van der Waals surface area contributed by atoms with Gasteiger partial charge in [-0.15, -0.1) is 0 Å². The van der Waals surface area contributed by atoms with Crippen molar-refractivity contribution in [2.75, 3.05) is 28.2 Å². The highest BCUT2D eigenvalue weighted by atomic mass is 31.2. The molecule has 1 heterocycles. The van der Waals surface area contributed by atoms with E-state index in [2.05, 4.69) is 6.58 Å². The Bertz CT molecular complexity index is 428. The third-order valence-corrected chi connectivity index (χ3v) is 4.56. The summed E-state index contributed by atoms with van der Waals surface area (Å²) < 4.78 is 22.7. The molecule has 0 bridgehead atoms. The molecule has 0 aliphatic carbocycles. The molecule has 0 N–H and O–H groups in total. The second-order valence-electron chi connectivity index (χ2n) is 4.75. The number of hydrogen-bond donors (Lipinski definition) is 0. The van der Waals surface area contributed by atoms with E-state index in [0.717, 1.165) is 0 Å². The monoisotopic (exact) mass is 290 g/mol. The Morgan fingerprint density at radius 2 is 1.32 bits per heavy atom. The molecule has 1 aliphatic rings. The zero-order chi connectivity index (χ0) is 15.0. The minimum Gasteiger partial charge on any atom is -0.346 e. The molecule has 8 heteroatoms. The van der Waals surface area contributed by atoms with Gasteiger partial charge in [0.2, 0.25) is 0 Å². The van der Waals surface area contributed by atoms with Crippen molar-refractivity contribution in [3.05, 3.63) is 11.9 Å². The Kier molecular flexibility index (Phi) is 4.55. The highest BCUT2D eigenvalue weighted by Gasteiger charge is 2.52. The van der Waals surface area contributed by atoms with E-state index in [9.17, 15) is 14.2 Å². The molecule has 1 saturated heterocycles. The lowest BCUT2D eigenvalue weighted by molar-refractivity contribution is -0.146. The van der Waals surface area contributed by atoms with E-state index in [1.54, 1.807) is 0 Å². The van der Waals surface area contributed by atoms with Crippen molar-refractivity contribution < 1.29 is 23.2 Å². The number of likely N-dealkylation sites (N-methyl/N-ethyl adjacent to an activating group) is 2. The van der Waals surface area contributed by atoms with Crippen molar-refractivity contribution in [1.29, 1.82) is 0 Å². The van der Waals surface area contributed by atoms with Gasteiger partial charge in [0, 0.05) is 33.5 Å². The maximum Gasteiger partial charge on any atom is 0.358 e. The fraction of sp³-hybridized carbons (Fsp3) is 0.636. The molecule has 0 spiro atoms. The third kappa shape index (κ3) is 3.05. The Morgan fingerprint density at radius 1 is 1.00 bits per heavy atom. The second-order valence-corrected chi connectivity index (χ2v) is 6.93. The molecule has 1 rings (SSSR count). The minimum absolute atomic E-state index is 0.165. The van der Waals surface area contributed by atoms with Crippen LogP contribution in [0.3, 0.4) is 0 Å². The molecule has 0 radical (unpaired) electrons. The van der Waals surface area contributed by atoms with Crippen LogP contribution in [0.15, 0.2) is 11.9 Å². The SMILES string of the molecule is C=C(C)P1(=O)O[C@@H](C(=O)N(C)C)[C@H](C(=O)N(C)C)O1. The number of nitrogens with zero attached hydrogens (tertiary/aromatic N) is 2. The van der Waals surface area contributed by atoms with Crippen LogP contribution in [-0.2, 0) is 23.2 Å². The van der Waals surface area contributed by atoms with Gasteiger partial charge in [-0.1, -0.05) is 6.58 Å². The fourth-order valence-corrected chi connectivity index (χ4v) is 2.88. The molecule has 19 heavy (non-hydrogen) atoms. The van der Waals surface area contributed by atoms with Crippen LogP contribution < -0.4 is 0 Å². The first kappa shape index (κ1) is 15.9. The number of allylic oxidation sites excluding steroid dienone is 1. The molecular weight excluding hydrogens is 271 g/mol. The van der Waals surface area contributed by atoms with Crippen molar-refractivity contribution in [3.8, 4) is 0 Å². The Morgan fingerprint density at radius 3 is 1.53 bits per heavy atom.